The van der Waals surface area contributed by atoms with Crippen molar-refractivity contribution in [2.24, 2.45) is 0 Å². The van der Waals surface area contributed by atoms with Crippen molar-refractivity contribution in [3.05, 3.63) is 30.3 Å². The van der Waals surface area contributed by atoms with Crippen LogP contribution in [0.5, 0.6) is 0 Å². The number of para-hydroxylation sites is 1. The van der Waals surface area contributed by atoms with Crippen molar-refractivity contribution in [3.63, 3.8) is 0 Å². The summed E-state index contributed by atoms with van der Waals surface area (Å²) < 4.78 is 5.16. The normalized spacial score (nSPS) is 14.0. The topological polar surface area (TPSA) is 15.7 Å². The first kappa shape index (κ1) is 22.4. The maximum absolute atomic E-state index is 5.16. The molecule has 0 aromatic heterocycles. The van der Waals surface area contributed by atoms with Gasteiger partial charge in [-0.25, -0.2) is 0 Å². The Kier molecular flexibility index (Phi) is 14.9. The molecule has 21 heavy (non-hydrogen) atoms. The predicted molar refractivity (Wildman–Crippen MR) is 94.4 cm³/mol. The predicted octanol–water partition coefficient (Wildman–Crippen LogP) is 2.11. The molecule has 0 amide bonds. The number of nitrogens with zero attached hydrogens (tertiary/aromatic N) is 2. The molecular formula is C16H28B2N2O. The maximum atomic E-state index is 5.16. The van der Waals surface area contributed by atoms with Crippen molar-refractivity contribution in [3.8, 4) is 0 Å². The average molecular weight is 286 g/mol. The lowest BCUT2D eigenvalue weighted by atomic mass is 10.3. The fourth-order valence-electron chi connectivity index (χ4n) is 2.14. The minimum Gasteiger partial charge on any atom is -0.379 e. The van der Waals surface area contributed by atoms with Crippen LogP contribution in [0.25, 0.3) is 0 Å². The van der Waals surface area contributed by atoms with E-state index in [4.69, 9.17) is 4.74 Å². The van der Waals surface area contributed by atoms with E-state index in [-0.39, 0.29) is 16.8 Å². The molecule has 1 aliphatic heterocycles. The van der Waals surface area contributed by atoms with Crippen molar-refractivity contribution in [1.29, 1.82) is 0 Å². The smallest absolute Gasteiger partial charge is 0.0594 e. The quantitative estimate of drug-likeness (QED) is 0.788. The highest BCUT2D eigenvalue weighted by Crippen LogP contribution is 2.11. The minimum absolute atomic E-state index is 0. The van der Waals surface area contributed by atoms with Gasteiger partial charge in [0.15, 0.2) is 0 Å². The van der Waals surface area contributed by atoms with Crippen LogP contribution < -0.4 is 4.90 Å². The Morgan fingerprint density at radius 2 is 1.48 bits per heavy atom. The molecule has 0 bridgehead atoms. The van der Waals surface area contributed by atoms with Gasteiger partial charge in [0.25, 0.3) is 0 Å². The molecule has 5 heteroatoms. The Balaban J connectivity index is 0. The largest absolute Gasteiger partial charge is 0.379 e. The van der Waals surface area contributed by atoms with Crippen molar-refractivity contribution in [2.45, 2.75) is 20.8 Å². The van der Waals surface area contributed by atoms with Gasteiger partial charge in [-0.3, -0.25) is 4.90 Å². The van der Waals surface area contributed by atoms with E-state index in [0.717, 1.165) is 39.4 Å². The van der Waals surface area contributed by atoms with Crippen molar-refractivity contribution < 1.29 is 4.74 Å². The molecule has 3 nitrogen and oxygen atoms in total. The highest BCUT2D eigenvalue weighted by molar-refractivity contribution is 5.76. The van der Waals surface area contributed by atoms with Crippen LogP contribution in [-0.4, -0.2) is 67.7 Å². The van der Waals surface area contributed by atoms with Gasteiger partial charge in [-0.2, -0.15) is 0 Å². The number of hydrogen-bond acceptors (Lipinski definition) is 3. The minimum atomic E-state index is 0. The number of likely N-dealkylation sites (N-methyl/N-ethyl adjacent to an activating group) is 1. The lowest BCUT2D eigenvalue weighted by Crippen LogP contribution is -2.35. The first-order chi connectivity index (χ1) is 9.31. The van der Waals surface area contributed by atoms with Gasteiger partial charge in [0, 0.05) is 48.7 Å². The van der Waals surface area contributed by atoms with Crippen molar-refractivity contribution in [1.82, 2.24) is 4.90 Å². The Labute approximate surface area is 134 Å². The molecule has 1 saturated heterocycles. The molecule has 114 valence electrons. The van der Waals surface area contributed by atoms with Crippen LogP contribution in [0.3, 0.4) is 0 Å². The molecule has 1 aromatic rings. The number of hydrogen-bond donors (Lipinski definition) is 0. The highest BCUT2D eigenvalue weighted by Gasteiger charge is 2.05. The Morgan fingerprint density at radius 3 is 1.86 bits per heavy atom. The molecule has 2 rings (SSSR count). The summed E-state index contributed by atoms with van der Waals surface area (Å²) in [5, 5.41) is 0. The molecule has 0 spiro atoms. The zero-order valence-corrected chi connectivity index (χ0v) is 13.8. The van der Waals surface area contributed by atoms with Crippen molar-refractivity contribution >= 4 is 22.5 Å². The summed E-state index contributed by atoms with van der Waals surface area (Å²) >= 11 is 0. The summed E-state index contributed by atoms with van der Waals surface area (Å²) in [5.41, 5.74) is 1.32. The second-order valence-electron chi connectivity index (χ2n) is 4.55. The molecule has 1 aliphatic rings. The number of rotatable bonds is 4. The molecule has 0 unspecified atom stereocenters. The molecule has 1 heterocycles. The van der Waals surface area contributed by atoms with E-state index in [0.29, 0.717) is 0 Å². The van der Waals surface area contributed by atoms with Crippen LogP contribution in [0.15, 0.2) is 30.3 Å². The lowest BCUT2D eigenvalue weighted by Gasteiger charge is -2.24. The van der Waals surface area contributed by atoms with Gasteiger partial charge in [-0.15, -0.1) is 0 Å². The summed E-state index contributed by atoms with van der Waals surface area (Å²) in [7, 11) is 0. The monoisotopic (exact) mass is 286 g/mol. The molecule has 0 atom stereocenters. The van der Waals surface area contributed by atoms with Crippen LogP contribution in [0, 0.1) is 0 Å². The standard InChI is InChI=1S/C10H15N.C6H13NO.2B/c1-3-11(4-2)10-8-6-5-7-9-10;1-2-7-3-5-8-6-4-7;;/h5-9H,3-4H2,1-2H3;2-6H2,1H3;;. The van der Waals surface area contributed by atoms with Gasteiger partial charge in [0.2, 0.25) is 0 Å². The van der Waals surface area contributed by atoms with E-state index in [2.05, 4.69) is 54.8 Å². The number of morpholine rings is 1. The van der Waals surface area contributed by atoms with Gasteiger partial charge >= 0.3 is 0 Å². The first-order valence-electron chi connectivity index (χ1n) is 7.41. The summed E-state index contributed by atoms with van der Waals surface area (Å²) in [6, 6.07) is 10.5. The summed E-state index contributed by atoms with van der Waals surface area (Å²) in [5.74, 6) is 0. The second kappa shape index (κ2) is 14.0. The van der Waals surface area contributed by atoms with Crippen LogP contribution >= 0.6 is 0 Å². The zero-order chi connectivity index (χ0) is 13.9. The van der Waals surface area contributed by atoms with Gasteiger partial charge in [-0.05, 0) is 32.5 Å². The fraction of sp³-hybridized carbons (Fsp3) is 0.625. The van der Waals surface area contributed by atoms with Crippen LogP contribution in [0.2, 0.25) is 0 Å². The Hall–Kier alpha value is -0.930. The van der Waals surface area contributed by atoms with E-state index in [1.807, 2.05) is 6.07 Å². The Bertz CT molecular complexity index is 315. The molecule has 6 radical (unpaired) electrons. The van der Waals surface area contributed by atoms with Gasteiger partial charge < -0.3 is 9.64 Å². The van der Waals surface area contributed by atoms with Gasteiger partial charge in [-0.1, -0.05) is 25.1 Å². The Morgan fingerprint density at radius 1 is 0.952 bits per heavy atom. The number of anilines is 1. The fourth-order valence-corrected chi connectivity index (χ4v) is 2.14. The summed E-state index contributed by atoms with van der Waals surface area (Å²) in [6.45, 7) is 14.0. The lowest BCUT2D eigenvalue weighted by molar-refractivity contribution is 0.0405. The van der Waals surface area contributed by atoms with Gasteiger partial charge in [0.1, 0.15) is 0 Å². The van der Waals surface area contributed by atoms with Gasteiger partial charge in [0.05, 0.1) is 13.2 Å². The van der Waals surface area contributed by atoms with E-state index in [9.17, 15) is 0 Å². The number of ether oxygens (including phenoxy) is 1. The van der Waals surface area contributed by atoms with E-state index < -0.39 is 0 Å². The SMILES string of the molecule is CCN(CC)c1ccccc1.CCN1CCOCC1.[B].[B]. The molecule has 0 saturated carbocycles. The van der Waals surface area contributed by atoms with E-state index in [1.165, 1.54) is 12.2 Å². The molecule has 0 aliphatic carbocycles. The third kappa shape index (κ3) is 8.84. The third-order valence-corrected chi connectivity index (χ3v) is 3.44. The van der Waals surface area contributed by atoms with Crippen LogP contribution in [-0.2, 0) is 4.74 Å². The van der Waals surface area contributed by atoms with E-state index >= 15 is 0 Å². The number of benzene rings is 1. The highest BCUT2D eigenvalue weighted by atomic mass is 16.5. The molecule has 1 aromatic carbocycles. The second-order valence-corrected chi connectivity index (χ2v) is 4.55. The summed E-state index contributed by atoms with van der Waals surface area (Å²) in [6.07, 6.45) is 0. The van der Waals surface area contributed by atoms with E-state index in [1.54, 1.807) is 0 Å². The van der Waals surface area contributed by atoms with Crippen LogP contribution in [0.1, 0.15) is 20.8 Å². The first-order valence-corrected chi connectivity index (χ1v) is 7.41. The summed E-state index contributed by atoms with van der Waals surface area (Å²) in [4.78, 5) is 4.73. The average Bonchev–Trinajstić information content (AvgIpc) is 2.51. The maximum Gasteiger partial charge on any atom is 0.0594 e. The molecular weight excluding hydrogens is 258 g/mol. The zero-order valence-electron chi connectivity index (χ0n) is 13.8. The molecule has 1 fully saturated rings. The molecule has 0 N–H and O–H groups in total. The van der Waals surface area contributed by atoms with Crippen molar-refractivity contribution in [2.75, 3.05) is 50.8 Å². The van der Waals surface area contributed by atoms with Crippen LogP contribution in [0.4, 0.5) is 5.69 Å². The third-order valence-electron chi connectivity index (χ3n) is 3.44.